The van der Waals surface area contributed by atoms with Crippen molar-refractivity contribution in [2.75, 3.05) is 12.0 Å². The van der Waals surface area contributed by atoms with Crippen molar-refractivity contribution >= 4 is 22.6 Å². The van der Waals surface area contributed by atoms with Gasteiger partial charge in [-0.3, -0.25) is 4.79 Å². The zero-order valence-corrected chi connectivity index (χ0v) is 11.2. The molecule has 104 valence electrons. The third-order valence-corrected chi connectivity index (χ3v) is 3.64. The van der Waals surface area contributed by atoms with E-state index in [9.17, 15) is 4.79 Å². The highest BCUT2D eigenvalue weighted by Crippen LogP contribution is 2.31. The number of aromatic nitrogens is 1. The van der Waals surface area contributed by atoms with Crippen molar-refractivity contribution in [3.05, 3.63) is 35.9 Å². The molecular formula is C15H18N4O. The van der Waals surface area contributed by atoms with Crippen LogP contribution < -0.4 is 16.6 Å². The third kappa shape index (κ3) is 2.72. The Balaban J connectivity index is 1.85. The molecule has 5 heteroatoms. The number of hydrogen-bond acceptors (Lipinski definition) is 4. The number of nitrogens with one attached hydrogen (secondary N) is 2. The van der Waals surface area contributed by atoms with Crippen molar-refractivity contribution in [3.8, 4) is 0 Å². The first-order chi connectivity index (χ1) is 9.78. The first kappa shape index (κ1) is 12.9. The number of benzene rings is 1. The Bertz CT molecular complexity index is 637. The number of nitrogens with two attached hydrogens (primary N) is 1. The number of hydrogen-bond donors (Lipinski definition) is 3. The topological polar surface area (TPSA) is 80.0 Å². The molecular weight excluding hydrogens is 252 g/mol. The van der Waals surface area contributed by atoms with E-state index < -0.39 is 0 Å². The Morgan fingerprint density at radius 3 is 2.90 bits per heavy atom. The smallest absolute Gasteiger partial charge is 0.252 e. The number of carbonyl (C=O) groups is 1. The zero-order valence-electron chi connectivity index (χ0n) is 11.2. The molecule has 1 amide bonds. The molecule has 1 aliphatic carbocycles. The van der Waals surface area contributed by atoms with Crippen LogP contribution in [-0.4, -0.2) is 17.4 Å². The zero-order chi connectivity index (χ0) is 13.9. The van der Waals surface area contributed by atoms with Crippen LogP contribution in [-0.2, 0) is 0 Å². The summed E-state index contributed by atoms with van der Waals surface area (Å²) < 4.78 is 0. The fraction of sp³-hybridized carbons (Fsp3) is 0.333. The van der Waals surface area contributed by atoms with Crippen molar-refractivity contribution < 1.29 is 4.79 Å². The Morgan fingerprint density at radius 2 is 2.15 bits per heavy atom. The standard InChI is InChI=1S/C15H18N4O/c16-19-14-9-12(11-3-1-2-4-13(11)18-14)15(20)17-8-7-10-5-6-10/h1-4,9-10H,5-8,16H2,(H,17,20)(H,18,19). The fourth-order valence-corrected chi connectivity index (χ4v) is 2.33. The summed E-state index contributed by atoms with van der Waals surface area (Å²) in [5.74, 6) is 6.65. The number of nitrogen functional groups attached to an aromatic ring is 1. The summed E-state index contributed by atoms with van der Waals surface area (Å²) >= 11 is 0. The average Bonchev–Trinajstić information content (AvgIpc) is 3.30. The van der Waals surface area contributed by atoms with Crippen LogP contribution in [0.5, 0.6) is 0 Å². The highest BCUT2D eigenvalue weighted by molar-refractivity contribution is 6.06. The number of rotatable bonds is 5. The van der Waals surface area contributed by atoms with Crippen molar-refractivity contribution in [2.24, 2.45) is 11.8 Å². The molecule has 2 aromatic rings. The van der Waals surface area contributed by atoms with E-state index in [2.05, 4.69) is 15.7 Å². The maximum Gasteiger partial charge on any atom is 0.252 e. The number of hydrazine groups is 1. The van der Waals surface area contributed by atoms with Crippen molar-refractivity contribution in [1.82, 2.24) is 10.3 Å². The second-order valence-corrected chi connectivity index (χ2v) is 5.20. The monoisotopic (exact) mass is 270 g/mol. The van der Waals surface area contributed by atoms with Gasteiger partial charge in [-0.25, -0.2) is 10.8 Å². The predicted molar refractivity (Wildman–Crippen MR) is 79.2 cm³/mol. The highest BCUT2D eigenvalue weighted by Gasteiger charge is 2.21. The van der Waals surface area contributed by atoms with Gasteiger partial charge in [0.25, 0.3) is 5.91 Å². The molecule has 1 fully saturated rings. The minimum absolute atomic E-state index is 0.0687. The van der Waals surface area contributed by atoms with Crippen LogP contribution in [0.15, 0.2) is 30.3 Å². The van der Waals surface area contributed by atoms with E-state index in [1.54, 1.807) is 6.07 Å². The summed E-state index contributed by atoms with van der Waals surface area (Å²) in [6.45, 7) is 0.728. The van der Waals surface area contributed by atoms with Crippen LogP contribution in [0, 0.1) is 5.92 Å². The van der Waals surface area contributed by atoms with Gasteiger partial charge in [0.15, 0.2) is 0 Å². The number of nitrogens with zero attached hydrogens (tertiary/aromatic N) is 1. The molecule has 1 heterocycles. The van der Waals surface area contributed by atoms with Crippen LogP contribution in [0.2, 0.25) is 0 Å². The molecule has 1 saturated carbocycles. The van der Waals surface area contributed by atoms with Gasteiger partial charge < -0.3 is 10.7 Å². The van der Waals surface area contributed by atoms with Crippen LogP contribution in [0.4, 0.5) is 5.82 Å². The molecule has 0 atom stereocenters. The number of pyridine rings is 1. The largest absolute Gasteiger partial charge is 0.352 e. The number of para-hydroxylation sites is 1. The molecule has 1 aliphatic rings. The van der Waals surface area contributed by atoms with Gasteiger partial charge in [0.1, 0.15) is 5.82 Å². The van der Waals surface area contributed by atoms with E-state index in [-0.39, 0.29) is 5.91 Å². The second-order valence-electron chi connectivity index (χ2n) is 5.20. The lowest BCUT2D eigenvalue weighted by atomic mass is 10.1. The van der Waals surface area contributed by atoms with Crippen molar-refractivity contribution in [1.29, 1.82) is 0 Å². The van der Waals surface area contributed by atoms with Gasteiger partial charge >= 0.3 is 0 Å². The summed E-state index contributed by atoms with van der Waals surface area (Å²) in [5.41, 5.74) is 3.88. The maximum atomic E-state index is 12.3. The molecule has 0 bridgehead atoms. The lowest BCUT2D eigenvalue weighted by molar-refractivity contribution is 0.0954. The molecule has 0 aliphatic heterocycles. The number of carbonyl (C=O) groups excluding carboxylic acids is 1. The minimum Gasteiger partial charge on any atom is -0.352 e. The maximum absolute atomic E-state index is 12.3. The molecule has 1 aromatic carbocycles. The normalized spacial score (nSPS) is 14.2. The van der Waals surface area contributed by atoms with Gasteiger partial charge in [-0.2, -0.15) is 0 Å². The van der Waals surface area contributed by atoms with Gasteiger partial charge in [0.2, 0.25) is 0 Å². The minimum atomic E-state index is -0.0687. The lowest BCUT2D eigenvalue weighted by Crippen LogP contribution is -2.25. The van der Waals surface area contributed by atoms with Gasteiger partial charge in [-0.05, 0) is 24.5 Å². The average molecular weight is 270 g/mol. The number of amides is 1. The summed E-state index contributed by atoms with van der Waals surface area (Å²) in [5, 5.41) is 3.82. The Hall–Kier alpha value is -2.14. The molecule has 0 unspecified atom stereocenters. The van der Waals surface area contributed by atoms with Gasteiger partial charge in [0, 0.05) is 11.9 Å². The molecule has 4 N–H and O–H groups in total. The molecule has 3 rings (SSSR count). The number of fused-ring (bicyclic) bond motifs is 1. The Labute approximate surface area is 117 Å². The molecule has 0 saturated heterocycles. The summed E-state index contributed by atoms with van der Waals surface area (Å²) in [6, 6.07) is 9.26. The van der Waals surface area contributed by atoms with Crippen molar-refractivity contribution in [3.63, 3.8) is 0 Å². The third-order valence-electron chi connectivity index (χ3n) is 3.64. The van der Waals surface area contributed by atoms with E-state index in [1.807, 2.05) is 24.3 Å². The van der Waals surface area contributed by atoms with Crippen molar-refractivity contribution in [2.45, 2.75) is 19.3 Å². The van der Waals surface area contributed by atoms with Gasteiger partial charge in [-0.1, -0.05) is 31.0 Å². The van der Waals surface area contributed by atoms with Crippen LogP contribution in [0.3, 0.4) is 0 Å². The van der Waals surface area contributed by atoms with E-state index in [4.69, 9.17) is 5.84 Å². The second kappa shape index (κ2) is 5.46. The van der Waals surface area contributed by atoms with E-state index in [0.717, 1.165) is 29.8 Å². The molecule has 0 spiro atoms. The lowest BCUT2D eigenvalue weighted by Gasteiger charge is -2.09. The first-order valence-corrected chi connectivity index (χ1v) is 6.92. The summed E-state index contributed by atoms with van der Waals surface area (Å²) in [7, 11) is 0. The Kier molecular flexibility index (Phi) is 3.52. The van der Waals surface area contributed by atoms with Crippen LogP contribution in [0.25, 0.3) is 10.9 Å². The first-order valence-electron chi connectivity index (χ1n) is 6.92. The van der Waals surface area contributed by atoms with Crippen LogP contribution in [0.1, 0.15) is 29.6 Å². The predicted octanol–water partition coefficient (Wildman–Crippen LogP) is 2.05. The summed E-state index contributed by atoms with van der Waals surface area (Å²) in [4.78, 5) is 16.7. The highest BCUT2D eigenvalue weighted by atomic mass is 16.1. The molecule has 1 aromatic heterocycles. The molecule has 5 nitrogen and oxygen atoms in total. The number of anilines is 1. The Morgan fingerprint density at radius 1 is 1.35 bits per heavy atom. The van der Waals surface area contributed by atoms with Crippen LogP contribution >= 0.6 is 0 Å². The van der Waals surface area contributed by atoms with Gasteiger partial charge in [0.05, 0.1) is 11.1 Å². The van der Waals surface area contributed by atoms with E-state index in [1.165, 1.54) is 12.8 Å². The summed E-state index contributed by atoms with van der Waals surface area (Å²) in [6.07, 6.45) is 3.67. The fourth-order valence-electron chi connectivity index (χ4n) is 2.33. The van der Waals surface area contributed by atoms with E-state index in [0.29, 0.717) is 11.4 Å². The van der Waals surface area contributed by atoms with Gasteiger partial charge in [-0.15, -0.1) is 0 Å². The quantitative estimate of drug-likeness (QED) is 0.574. The SMILES string of the molecule is NNc1cc(C(=O)NCCC2CC2)c2ccccc2n1. The molecule has 20 heavy (non-hydrogen) atoms. The molecule has 0 radical (unpaired) electrons. The van der Waals surface area contributed by atoms with E-state index >= 15 is 0 Å².